The van der Waals surface area contributed by atoms with Crippen molar-refractivity contribution in [3.05, 3.63) is 29.8 Å². The van der Waals surface area contributed by atoms with E-state index in [-0.39, 0.29) is 10.8 Å². The van der Waals surface area contributed by atoms with Crippen LogP contribution >= 0.6 is 0 Å². The minimum atomic E-state index is -3.47. The molecule has 0 aromatic heterocycles. The van der Waals surface area contributed by atoms with Crippen molar-refractivity contribution in [2.75, 3.05) is 46.4 Å². The van der Waals surface area contributed by atoms with Gasteiger partial charge in [0.25, 0.3) is 5.91 Å². The van der Waals surface area contributed by atoms with Crippen LogP contribution in [0.2, 0.25) is 0 Å². The Bertz CT molecular complexity index is 595. The molecule has 1 aromatic rings. The monoisotopic (exact) mass is 327 g/mol. The molecule has 0 radical (unpaired) electrons. The van der Waals surface area contributed by atoms with Crippen molar-refractivity contribution in [1.82, 2.24) is 14.9 Å². The molecule has 8 heteroatoms. The number of amides is 1. The molecule has 0 unspecified atom stereocenters. The van der Waals surface area contributed by atoms with Gasteiger partial charge in [0.1, 0.15) is 0 Å². The lowest BCUT2D eigenvalue weighted by Crippen LogP contribution is -2.41. The van der Waals surface area contributed by atoms with Gasteiger partial charge in [-0.1, -0.05) is 0 Å². The van der Waals surface area contributed by atoms with E-state index >= 15 is 0 Å². The Morgan fingerprint density at radius 3 is 2.45 bits per heavy atom. The summed E-state index contributed by atoms with van der Waals surface area (Å²) in [5, 5.41) is 2.83. The zero-order valence-electron chi connectivity index (χ0n) is 12.5. The van der Waals surface area contributed by atoms with Gasteiger partial charge in [-0.05, 0) is 31.3 Å². The lowest BCUT2D eigenvalue weighted by atomic mass is 10.2. The molecule has 0 bridgehead atoms. The van der Waals surface area contributed by atoms with Crippen molar-refractivity contribution in [3.8, 4) is 0 Å². The van der Waals surface area contributed by atoms with Gasteiger partial charge in [-0.25, -0.2) is 13.1 Å². The first-order valence-electron chi connectivity index (χ1n) is 7.15. The van der Waals surface area contributed by atoms with Crippen molar-refractivity contribution < 1.29 is 17.9 Å². The third-order valence-electron chi connectivity index (χ3n) is 3.51. The molecule has 2 N–H and O–H groups in total. The fourth-order valence-electron chi connectivity index (χ4n) is 2.16. The third-order valence-corrected chi connectivity index (χ3v) is 4.94. The second-order valence-corrected chi connectivity index (χ2v) is 6.83. The largest absolute Gasteiger partial charge is 0.379 e. The molecule has 7 nitrogen and oxygen atoms in total. The lowest BCUT2D eigenvalue weighted by molar-refractivity contribution is 0.0383. The summed E-state index contributed by atoms with van der Waals surface area (Å²) >= 11 is 0. The van der Waals surface area contributed by atoms with E-state index in [1.54, 1.807) is 0 Å². The number of sulfonamides is 1. The fourth-order valence-corrected chi connectivity index (χ4v) is 2.89. The SMILES string of the molecule is CNS(=O)(=O)c1ccc(C(=O)NCCN2CCOCC2)cc1. The molecule has 2 rings (SSSR count). The molecule has 1 saturated heterocycles. The van der Waals surface area contributed by atoms with Crippen LogP contribution in [0.5, 0.6) is 0 Å². The van der Waals surface area contributed by atoms with Gasteiger partial charge in [0.15, 0.2) is 0 Å². The highest BCUT2D eigenvalue weighted by Crippen LogP contribution is 2.10. The number of hydrogen-bond donors (Lipinski definition) is 2. The van der Waals surface area contributed by atoms with Crippen molar-refractivity contribution in [3.63, 3.8) is 0 Å². The molecule has 1 aromatic carbocycles. The molecule has 1 fully saturated rings. The maximum atomic E-state index is 12.0. The summed E-state index contributed by atoms with van der Waals surface area (Å²) in [4.78, 5) is 14.4. The maximum Gasteiger partial charge on any atom is 0.251 e. The van der Waals surface area contributed by atoms with E-state index in [0.717, 1.165) is 32.8 Å². The van der Waals surface area contributed by atoms with E-state index in [1.807, 2.05) is 0 Å². The van der Waals surface area contributed by atoms with E-state index in [1.165, 1.54) is 31.3 Å². The number of morpholine rings is 1. The van der Waals surface area contributed by atoms with Crippen molar-refractivity contribution >= 4 is 15.9 Å². The van der Waals surface area contributed by atoms with Crippen molar-refractivity contribution in [2.24, 2.45) is 0 Å². The van der Waals surface area contributed by atoms with Gasteiger partial charge in [-0.3, -0.25) is 9.69 Å². The summed E-state index contributed by atoms with van der Waals surface area (Å²) in [5.74, 6) is -0.207. The number of carbonyl (C=O) groups is 1. The lowest BCUT2D eigenvalue weighted by Gasteiger charge is -2.26. The first-order valence-corrected chi connectivity index (χ1v) is 8.63. The first kappa shape index (κ1) is 16.9. The van der Waals surface area contributed by atoms with E-state index in [2.05, 4.69) is 14.9 Å². The highest BCUT2D eigenvalue weighted by atomic mass is 32.2. The second-order valence-electron chi connectivity index (χ2n) is 4.94. The van der Waals surface area contributed by atoms with Gasteiger partial charge >= 0.3 is 0 Å². The number of nitrogens with zero attached hydrogens (tertiary/aromatic N) is 1. The molecule has 0 aliphatic carbocycles. The Hall–Kier alpha value is -1.48. The van der Waals surface area contributed by atoms with Crippen LogP contribution < -0.4 is 10.0 Å². The Kier molecular flexibility index (Phi) is 5.90. The molecule has 1 heterocycles. The highest BCUT2D eigenvalue weighted by molar-refractivity contribution is 7.89. The van der Waals surface area contributed by atoms with Gasteiger partial charge in [0.2, 0.25) is 10.0 Å². The molecular weight excluding hydrogens is 306 g/mol. The number of nitrogens with one attached hydrogen (secondary N) is 2. The second kappa shape index (κ2) is 7.68. The van der Waals surface area contributed by atoms with Crippen molar-refractivity contribution in [1.29, 1.82) is 0 Å². The number of benzene rings is 1. The molecule has 1 aliphatic rings. The van der Waals surface area contributed by atoms with E-state index in [4.69, 9.17) is 4.74 Å². The van der Waals surface area contributed by atoms with Crippen LogP contribution in [0.15, 0.2) is 29.2 Å². The van der Waals surface area contributed by atoms with Crippen LogP contribution in [-0.4, -0.2) is 65.7 Å². The van der Waals surface area contributed by atoms with Crippen LogP contribution in [-0.2, 0) is 14.8 Å². The van der Waals surface area contributed by atoms with Crippen molar-refractivity contribution in [2.45, 2.75) is 4.90 Å². The van der Waals surface area contributed by atoms with Crippen LogP contribution in [0.25, 0.3) is 0 Å². The summed E-state index contributed by atoms with van der Waals surface area (Å²) in [6, 6.07) is 5.86. The summed E-state index contributed by atoms with van der Waals surface area (Å²) in [6.07, 6.45) is 0. The average Bonchev–Trinajstić information content (AvgIpc) is 2.56. The molecular formula is C14H21N3O4S. The molecule has 0 saturated carbocycles. The van der Waals surface area contributed by atoms with Gasteiger partial charge in [0.05, 0.1) is 18.1 Å². The smallest absolute Gasteiger partial charge is 0.251 e. The quantitative estimate of drug-likeness (QED) is 0.746. The predicted octanol–water partition coefficient (Wildman–Crippen LogP) is -0.343. The minimum Gasteiger partial charge on any atom is -0.379 e. The Balaban J connectivity index is 1.84. The van der Waals surface area contributed by atoms with Crippen LogP contribution in [0.1, 0.15) is 10.4 Å². The molecule has 0 spiro atoms. The fraction of sp³-hybridized carbons (Fsp3) is 0.500. The summed E-state index contributed by atoms with van der Waals surface area (Å²) in [5.41, 5.74) is 0.442. The molecule has 22 heavy (non-hydrogen) atoms. The number of ether oxygens (including phenoxy) is 1. The van der Waals surface area contributed by atoms with Gasteiger partial charge < -0.3 is 10.1 Å². The zero-order chi connectivity index (χ0) is 16.0. The third kappa shape index (κ3) is 4.51. The van der Waals surface area contributed by atoms with E-state index in [0.29, 0.717) is 12.1 Å². The topological polar surface area (TPSA) is 87.7 Å². The minimum absolute atomic E-state index is 0.139. The van der Waals surface area contributed by atoms with Crippen LogP contribution in [0.4, 0.5) is 0 Å². The molecule has 1 aliphatic heterocycles. The zero-order valence-corrected chi connectivity index (χ0v) is 13.4. The molecule has 122 valence electrons. The van der Waals surface area contributed by atoms with Gasteiger partial charge in [0, 0.05) is 31.7 Å². The number of carbonyl (C=O) groups excluding carboxylic acids is 1. The number of rotatable bonds is 6. The van der Waals surface area contributed by atoms with Crippen LogP contribution in [0, 0.1) is 0 Å². The normalized spacial score (nSPS) is 16.4. The number of hydrogen-bond acceptors (Lipinski definition) is 5. The summed E-state index contributed by atoms with van der Waals surface area (Å²) in [6.45, 7) is 4.56. The summed E-state index contributed by atoms with van der Waals surface area (Å²) < 4.78 is 30.7. The van der Waals surface area contributed by atoms with Gasteiger partial charge in [-0.15, -0.1) is 0 Å². The Morgan fingerprint density at radius 1 is 1.23 bits per heavy atom. The maximum absolute atomic E-state index is 12.0. The van der Waals surface area contributed by atoms with E-state index < -0.39 is 10.0 Å². The Labute approximate surface area is 130 Å². The molecule has 1 amide bonds. The predicted molar refractivity (Wildman–Crippen MR) is 82.3 cm³/mol. The van der Waals surface area contributed by atoms with Gasteiger partial charge in [-0.2, -0.15) is 0 Å². The highest BCUT2D eigenvalue weighted by Gasteiger charge is 2.13. The summed E-state index contributed by atoms with van der Waals surface area (Å²) in [7, 11) is -2.12. The van der Waals surface area contributed by atoms with E-state index in [9.17, 15) is 13.2 Å². The average molecular weight is 327 g/mol. The molecule has 0 atom stereocenters. The Morgan fingerprint density at radius 2 is 1.86 bits per heavy atom. The standard InChI is InChI=1S/C14H21N3O4S/c1-15-22(19,20)13-4-2-12(3-5-13)14(18)16-6-7-17-8-10-21-11-9-17/h2-5,15H,6-11H2,1H3,(H,16,18). The first-order chi connectivity index (χ1) is 10.5. The van der Waals surface area contributed by atoms with Crippen LogP contribution in [0.3, 0.4) is 0 Å².